The van der Waals surface area contributed by atoms with E-state index in [1.165, 1.54) is 0 Å². The third-order valence-electron chi connectivity index (χ3n) is 4.01. The molecule has 0 spiro atoms. The summed E-state index contributed by atoms with van der Waals surface area (Å²) in [4.78, 5) is 22.5. The summed E-state index contributed by atoms with van der Waals surface area (Å²) in [5, 5.41) is 11.6. The molecule has 1 saturated carbocycles. The van der Waals surface area contributed by atoms with Crippen molar-refractivity contribution in [3.63, 3.8) is 0 Å². The van der Waals surface area contributed by atoms with Crippen molar-refractivity contribution in [1.82, 2.24) is 5.32 Å². The Hall–Kier alpha value is -1.14. The van der Waals surface area contributed by atoms with Crippen LogP contribution in [0.1, 0.15) is 39.0 Å². The lowest BCUT2D eigenvalue weighted by atomic mass is 9.80. The van der Waals surface area contributed by atoms with Crippen LogP contribution >= 0.6 is 0 Å². The van der Waals surface area contributed by atoms with Gasteiger partial charge in [-0.1, -0.05) is 0 Å². The van der Waals surface area contributed by atoms with E-state index >= 15 is 0 Å². The Labute approximate surface area is 118 Å². The van der Waals surface area contributed by atoms with E-state index in [0.717, 1.165) is 25.9 Å². The third-order valence-corrected chi connectivity index (χ3v) is 4.01. The number of rotatable bonds is 6. The second-order valence-corrected chi connectivity index (χ2v) is 5.68. The van der Waals surface area contributed by atoms with E-state index in [9.17, 15) is 9.59 Å². The van der Waals surface area contributed by atoms with Gasteiger partial charge in [0.2, 0.25) is 5.91 Å². The third kappa shape index (κ3) is 4.18. The number of nitrogens with one attached hydrogen (secondary N) is 1. The average Bonchev–Trinajstić information content (AvgIpc) is 2.40. The van der Waals surface area contributed by atoms with E-state index in [4.69, 9.17) is 14.6 Å². The minimum Gasteiger partial charge on any atom is -0.481 e. The number of ether oxygens (including phenoxy) is 2. The molecule has 0 aromatic rings. The first kappa shape index (κ1) is 15.3. The Bertz CT molecular complexity index is 347. The highest BCUT2D eigenvalue weighted by atomic mass is 16.5. The smallest absolute Gasteiger partial charge is 0.306 e. The molecule has 0 radical (unpaired) electrons. The highest BCUT2D eigenvalue weighted by Gasteiger charge is 2.36. The van der Waals surface area contributed by atoms with E-state index in [-0.39, 0.29) is 24.0 Å². The molecule has 2 rings (SSSR count). The molecule has 1 aliphatic heterocycles. The number of hydrogen-bond donors (Lipinski definition) is 2. The van der Waals surface area contributed by atoms with Crippen molar-refractivity contribution in [2.45, 2.75) is 57.3 Å². The second-order valence-electron chi connectivity index (χ2n) is 5.68. The van der Waals surface area contributed by atoms with Gasteiger partial charge < -0.3 is 19.9 Å². The zero-order valence-electron chi connectivity index (χ0n) is 11.8. The Morgan fingerprint density at radius 1 is 1.40 bits per heavy atom. The zero-order valence-corrected chi connectivity index (χ0v) is 11.8. The van der Waals surface area contributed by atoms with Gasteiger partial charge in [0, 0.05) is 12.6 Å². The Balaban J connectivity index is 1.61. The fraction of sp³-hybridized carbons (Fsp3) is 0.857. The van der Waals surface area contributed by atoms with Crippen molar-refractivity contribution in [2.24, 2.45) is 5.92 Å². The molecule has 2 N–H and O–H groups in total. The average molecular weight is 285 g/mol. The van der Waals surface area contributed by atoms with Gasteiger partial charge in [0.1, 0.15) is 6.10 Å². The van der Waals surface area contributed by atoms with E-state index in [0.29, 0.717) is 19.4 Å². The first-order valence-corrected chi connectivity index (χ1v) is 7.32. The lowest BCUT2D eigenvalue weighted by Gasteiger charge is -2.33. The van der Waals surface area contributed by atoms with Crippen molar-refractivity contribution in [2.75, 3.05) is 13.2 Å². The molecule has 1 heterocycles. The van der Waals surface area contributed by atoms with Crippen LogP contribution in [-0.2, 0) is 19.1 Å². The molecule has 0 aromatic heterocycles. The Morgan fingerprint density at radius 2 is 2.15 bits per heavy atom. The first-order valence-electron chi connectivity index (χ1n) is 7.32. The fourth-order valence-corrected chi connectivity index (χ4v) is 2.52. The van der Waals surface area contributed by atoms with Crippen molar-refractivity contribution >= 4 is 11.9 Å². The summed E-state index contributed by atoms with van der Waals surface area (Å²) in [5.41, 5.74) is 0. The van der Waals surface area contributed by atoms with Crippen LogP contribution in [0.3, 0.4) is 0 Å². The van der Waals surface area contributed by atoms with Gasteiger partial charge >= 0.3 is 5.97 Å². The van der Waals surface area contributed by atoms with Gasteiger partial charge in [-0.05, 0) is 39.0 Å². The molecule has 1 saturated heterocycles. The van der Waals surface area contributed by atoms with Crippen molar-refractivity contribution in [3.05, 3.63) is 0 Å². The number of carbonyl (C=O) groups is 2. The molecule has 0 aromatic carbocycles. The molecule has 2 aliphatic rings. The van der Waals surface area contributed by atoms with Gasteiger partial charge in [-0.25, -0.2) is 0 Å². The molecule has 0 bridgehead atoms. The van der Waals surface area contributed by atoms with Gasteiger partial charge in [-0.2, -0.15) is 0 Å². The Morgan fingerprint density at radius 3 is 2.75 bits per heavy atom. The van der Waals surface area contributed by atoms with E-state index < -0.39 is 12.1 Å². The molecule has 20 heavy (non-hydrogen) atoms. The zero-order chi connectivity index (χ0) is 14.5. The van der Waals surface area contributed by atoms with Crippen LogP contribution in [0.25, 0.3) is 0 Å². The molecule has 2 unspecified atom stereocenters. The summed E-state index contributed by atoms with van der Waals surface area (Å²) in [6, 6.07) is -0.0272. The molecule has 6 heteroatoms. The summed E-state index contributed by atoms with van der Waals surface area (Å²) in [6.45, 7) is 2.93. The monoisotopic (exact) mass is 285 g/mol. The summed E-state index contributed by atoms with van der Waals surface area (Å²) in [6.07, 6.45) is 3.83. The maximum atomic E-state index is 11.9. The largest absolute Gasteiger partial charge is 0.481 e. The van der Waals surface area contributed by atoms with E-state index in [2.05, 4.69) is 5.32 Å². The van der Waals surface area contributed by atoms with Crippen molar-refractivity contribution in [1.29, 1.82) is 0 Å². The first-order chi connectivity index (χ1) is 9.56. The van der Waals surface area contributed by atoms with Crippen LogP contribution < -0.4 is 5.32 Å². The van der Waals surface area contributed by atoms with Gasteiger partial charge in [0.15, 0.2) is 0 Å². The Kier molecular flexibility index (Phi) is 5.37. The summed E-state index contributed by atoms with van der Waals surface area (Å²) >= 11 is 0. The molecule has 2 atom stereocenters. The topological polar surface area (TPSA) is 84.9 Å². The maximum absolute atomic E-state index is 11.9. The van der Waals surface area contributed by atoms with Crippen LogP contribution in [0, 0.1) is 5.92 Å². The number of amides is 1. The van der Waals surface area contributed by atoms with Gasteiger partial charge in [-0.15, -0.1) is 0 Å². The molecular weight excluding hydrogens is 262 g/mol. The molecule has 2 fully saturated rings. The quantitative estimate of drug-likeness (QED) is 0.758. The maximum Gasteiger partial charge on any atom is 0.306 e. The van der Waals surface area contributed by atoms with Gasteiger partial charge in [0.25, 0.3) is 0 Å². The standard InChI is InChI=1S/C14H23NO5/c1-9(20-8-12-4-2-3-5-19-12)13(16)15-11-6-10(7-11)14(17)18/h9-12H,2-8H2,1H3,(H,15,16)(H,17,18). The number of aliphatic carboxylic acids is 1. The summed E-state index contributed by atoms with van der Waals surface area (Å²) in [7, 11) is 0. The van der Waals surface area contributed by atoms with Crippen LogP contribution in [0.2, 0.25) is 0 Å². The predicted octanol–water partition coefficient (Wildman–Crippen LogP) is 0.940. The van der Waals surface area contributed by atoms with Crippen LogP contribution in [0.4, 0.5) is 0 Å². The lowest BCUT2D eigenvalue weighted by molar-refractivity contribution is -0.147. The highest BCUT2D eigenvalue weighted by molar-refractivity contribution is 5.81. The van der Waals surface area contributed by atoms with Gasteiger partial charge in [-0.3, -0.25) is 9.59 Å². The molecule has 1 aliphatic carbocycles. The fourth-order valence-electron chi connectivity index (χ4n) is 2.52. The molecular formula is C14H23NO5. The summed E-state index contributed by atoms with van der Waals surface area (Å²) < 4.78 is 11.1. The number of carboxylic acid groups (broad SMARTS) is 1. The number of carboxylic acids is 1. The normalized spacial score (nSPS) is 31.1. The van der Waals surface area contributed by atoms with Crippen LogP contribution in [0.5, 0.6) is 0 Å². The number of carbonyl (C=O) groups excluding carboxylic acids is 1. The highest BCUT2D eigenvalue weighted by Crippen LogP contribution is 2.27. The van der Waals surface area contributed by atoms with Gasteiger partial charge in [0.05, 0.1) is 18.6 Å². The predicted molar refractivity (Wildman–Crippen MR) is 71.3 cm³/mol. The minimum absolute atomic E-state index is 0.0272. The second kappa shape index (κ2) is 7.04. The molecule has 114 valence electrons. The molecule has 1 amide bonds. The van der Waals surface area contributed by atoms with Crippen LogP contribution in [0.15, 0.2) is 0 Å². The minimum atomic E-state index is -0.783. The van der Waals surface area contributed by atoms with Crippen molar-refractivity contribution < 1.29 is 24.2 Å². The van der Waals surface area contributed by atoms with Crippen molar-refractivity contribution in [3.8, 4) is 0 Å². The summed E-state index contributed by atoms with van der Waals surface area (Å²) in [5.74, 6) is -1.27. The number of hydrogen-bond acceptors (Lipinski definition) is 4. The molecule has 6 nitrogen and oxygen atoms in total. The van der Waals surface area contributed by atoms with E-state index in [1.807, 2.05) is 0 Å². The van der Waals surface area contributed by atoms with E-state index in [1.54, 1.807) is 6.92 Å². The lowest BCUT2D eigenvalue weighted by Crippen LogP contribution is -2.49. The van der Waals surface area contributed by atoms with Crippen LogP contribution in [-0.4, -0.2) is 48.4 Å². The SMILES string of the molecule is CC(OCC1CCCCO1)C(=O)NC1CC(C(=O)O)C1.